The molecule has 0 atom stereocenters. The second-order valence-corrected chi connectivity index (χ2v) is 7.44. The van der Waals surface area contributed by atoms with E-state index in [9.17, 15) is 4.79 Å². The van der Waals surface area contributed by atoms with Crippen LogP contribution in [0.25, 0.3) is 17.0 Å². The zero-order valence-corrected chi connectivity index (χ0v) is 16.1. The van der Waals surface area contributed by atoms with E-state index in [0.29, 0.717) is 29.5 Å². The molecular formula is C21H21N7O. The summed E-state index contributed by atoms with van der Waals surface area (Å²) in [5, 5.41) is 4.47. The number of pyridine rings is 1. The molecule has 0 bridgehead atoms. The molecule has 29 heavy (non-hydrogen) atoms. The lowest BCUT2D eigenvalue weighted by atomic mass is 10.3. The minimum Gasteiger partial charge on any atom is -0.334 e. The SMILES string of the molecule is CN(Cc1ccccn1)C(=O)c1nc(-c2ccnn2CC2CC2)n2ccncc12. The third-order valence-electron chi connectivity index (χ3n) is 5.19. The van der Waals surface area contributed by atoms with E-state index in [-0.39, 0.29) is 5.91 Å². The van der Waals surface area contributed by atoms with E-state index in [1.165, 1.54) is 12.8 Å². The maximum Gasteiger partial charge on any atom is 0.274 e. The first-order chi connectivity index (χ1) is 14.2. The molecule has 1 amide bonds. The molecule has 0 saturated heterocycles. The fourth-order valence-electron chi connectivity index (χ4n) is 3.48. The van der Waals surface area contributed by atoms with E-state index in [4.69, 9.17) is 4.98 Å². The lowest BCUT2D eigenvalue weighted by Crippen LogP contribution is -2.27. The van der Waals surface area contributed by atoms with Crippen LogP contribution in [0.2, 0.25) is 0 Å². The van der Waals surface area contributed by atoms with Crippen molar-refractivity contribution in [3.63, 3.8) is 0 Å². The smallest absolute Gasteiger partial charge is 0.274 e. The van der Waals surface area contributed by atoms with Crippen molar-refractivity contribution in [2.75, 3.05) is 7.05 Å². The molecule has 4 aromatic rings. The number of nitrogens with zero attached hydrogens (tertiary/aromatic N) is 7. The molecule has 1 aliphatic carbocycles. The average Bonchev–Trinajstić information content (AvgIpc) is 3.31. The number of amides is 1. The Hall–Kier alpha value is -3.55. The summed E-state index contributed by atoms with van der Waals surface area (Å²) in [6.45, 7) is 1.29. The molecule has 4 heterocycles. The Kier molecular flexibility index (Phi) is 4.31. The van der Waals surface area contributed by atoms with Gasteiger partial charge in [0, 0.05) is 38.4 Å². The molecule has 1 saturated carbocycles. The zero-order valence-electron chi connectivity index (χ0n) is 16.1. The lowest BCUT2D eigenvalue weighted by Gasteiger charge is -2.15. The van der Waals surface area contributed by atoms with Gasteiger partial charge in [0.25, 0.3) is 5.91 Å². The van der Waals surface area contributed by atoms with Crippen LogP contribution < -0.4 is 0 Å². The first kappa shape index (κ1) is 17.5. The van der Waals surface area contributed by atoms with Gasteiger partial charge >= 0.3 is 0 Å². The summed E-state index contributed by atoms with van der Waals surface area (Å²) < 4.78 is 3.90. The number of hydrogen-bond donors (Lipinski definition) is 0. The molecule has 8 heteroatoms. The highest BCUT2D eigenvalue weighted by Gasteiger charge is 2.26. The molecular weight excluding hydrogens is 366 g/mol. The van der Waals surface area contributed by atoms with Crippen molar-refractivity contribution in [1.82, 2.24) is 34.0 Å². The average molecular weight is 387 g/mol. The number of fused-ring (bicyclic) bond motifs is 1. The number of carbonyl (C=O) groups is 1. The van der Waals surface area contributed by atoms with Crippen molar-refractivity contribution in [3.05, 3.63) is 66.6 Å². The standard InChI is InChI=1S/C21H21N7O/c1-26(14-16-4-2-3-8-23-16)21(29)19-18-12-22-10-11-27(18)20(25-19)17-7-9-24-28(17)13-15-5-6-15/h2-4,7-12,15H,5-6,13-14H2,1H3. The molecule has 4 aromatic heterocycles. The van der Waals surface area contributed by atoms with Gasteiger partial charge in [-0.05, 0) is 37.0 Å². The Morgan fingerprint density at radius 1 is 1.21 bits per heavy atom. The largest absolute Gasteiger partial charge is 0.334 e. The van der Waals surface area contributed by atoms with Crippen LogP contribution in [0.3, 0.4) is 0 Å². The number of rotatable bonds is 6. The normalized spacial score (nSPS) is 13.7. The van der Waals surface area contributed by atoms with Crippen LogP contribution in [0, 0.1) is 5.92 Å². The van der Waals surface area contributed by atoms with Crippen molar-refractivity contribution in [2.45, 2.75) is 25.9 Å². The van der Waals surface area contributed by atoms with Gasteiger partial charge in [0.1, 0.15) is 5.69 Å². The molecule has 8 nitrogen and oxygen atoms in total. The summed E-state index contributed by atoms with van der Waals surface area (Å²) in [4.78, 5) is 28.1. The summed E-state index contributed by atoms with van der Waals surface area (Å²) >= 11 is 0. The molecule has 0 N–H and O–H groups in total. The fraction of sp³-hybridized carbons (Fsp3) is 0.286. The summed E-state index contributed by atoms with van der Waals surface area (Å²) in [7, 11) is 1.76. The quantitative estimate of drug-likeness (QED) is 0.508. The Morgan fingerprint density at radius 2 is 2.10 bits per heavy atom. The highest BCUT2D eigenvalue weighted by atomic mass is 16.2. The topological polar surface area (TPSA) is 81.2 Å². The van der Waals surface area contributed by atoms with Crippen LogP contribution in [0.1, 0.15) is 29.0 Å². The van der Waals surface area contributed by atoms with Gasteiger partial charge in [0.15, 0.2) is 11.5 Å². The van der Waals surface area contributed by atoms with E-state index in [2.05, 4.69) is 15.1 Å². The predicted octanol–water partition coefficient (Wildman–Crippen LogP) is 2.67. The number of aromatic nitrogens is 6. The lowest BCUT2D eigenvalue weighted by molar-refractivity contribution is 0.0780. The Morgan fingerprint density at radius 3 is 2.90 bits per heavy atom. The van der Waals surface area contributed by atoms with Gasteiger partial charge in [0.05, 0.1) is 24.0 Å². The van der Waals surface area contributed by atoms with Gasteiger partial charge < -0.3 is 4.90 Å². The highest BCUT2D eigenvalue weighted by molar-refractivity contribution is 5.99. The molecule has 146 valence electrons. The molecule has 0 radical (unpaired) electrons. The monoisotopic (exact) mass is 387 g/mol. The molecule has 0 spiro atoms. The van der Waals surface area contributed by atoms with Gasteiger partial charge in [-0.1, -0.05) is 6.07 Å². The second kappa shape index (κ2) is 7.12. The van der Waals surface area contributed by atoms with E-state index >= 15 is 0 Å². The Bertz CT molecular complexity index is 1160. The first-order valence-corrected chi connectivity index (χ1v) is 9.70. The van der Waals surface area contributed by atoms with Gasteiger partial charge in [-0.25, -0.2) is 4.98 Å². The molecule has 1 fully saturated rings. The van der Waals surface area contributed by atoms with Crippen LogP contribution in [0.15, 0.2) is 55.2 Å². The number of carbonyl (C=O) groups excluding carboxylic acids is 1. The van der Waals surface area contributed by atoms with Crippen molar-refractivity contribution in [1.29, 1.82) is 0 Å². The van der Waals surface area contributed by atoms with E-state index in [0.717, 1.165) is 17.9 Å². The minimum absolute atomic E-state index is 0.166. The van der Waals surface area contributed by atoms with Crippen LogP contribution in [-0.4, -0.2) is 47.0 Å². The third kappa shape index (κ3) is 3.37. The first-order valence-electron chi connectivity index (χ1n) is 9.70. The van der Waals surface area contributed by atoms with Gasteiger partial charge in [-0.15, -0.1) is 0 Å². The molecule has 0 unspecified atom stereocenters. The van der Waals surface area contributed by atoms with Crippen LogP contribution in [0.5, 0.6) is 0 Å². The van der Waals surface area contributed by atoms with Crippen molar-refractivity contribution in [2.24, 2.45) is 5.92 Å². The molecule has 0 aromatic carbocycles. The Labute approximate surface area is 167 Å². The third-order valence-corrected chi connectivity index (χ3v) is 5.19. The van der Waals surface area contributed by atoms with Crippen LogP contribution in [-0.2, 0) is 13.1 Å². The number of imidazole rings is 1. The number of hydrogen-bond acceptors (Lipinski definition) is 5. The molecule has 1 aliphatic rings. The highest BCUT2D eigenvalue weighted by Crippen LogP contribution is 2.32. The van der Waals surface area contributed by atoms with E-state index < -0.39 is 0 Å². The van der Waals surface area contributed by atoms with Crippen molar-refractivity contribution < 1.29 is 4.79 Å². The molecule has 0 aliphatic heterocycles. The van der Waals surface area contributed by atoms with Crippen LogP contribution >= 0.6 is 0 Å². The summed E-state index contributed by atoms with van der Waals surface area (Å²) in [5.41, 5.74) is 2.79. The van der Waals surface area contributed by atoms with Crippen molar-refractivity contribution >= 4 is 11.4 Å². The van der Waals surface area contributed by atoms with Gasteiger partial charge in [-0.3, -0.25) is 23.8 Å². The maximum absolute atomic E-state index is 13.2. The summed E-state index contributed by atoms with van der Waals surface area (Å²) in [5.74, 6) is 1.22. The summed E-state index contributed by atoms with van der Waals surface area (Å²) in [6.07, 6.45) is 11.2. The van der Waals surface area contributed by atoms with Crippen LogP contribution in [0.4, 0.5) is 0 Å². The minimum atomic E-state index is -0.166. The maximum atomic E-state index is 13.2. The van der Waals surface area contributed by atoms with Gasteiger partial charge in [0.2, 0.25) is 0 Å². The molecule has 5 rings (SSSR count). The Balaban J connectivity index is 1.52. The van der Waals surface area contributed by atoms with E-state index in [1.807, 2.05) is 39.5 Å². The fourth-order valence-corrected chi connectivity index (χ4v) is 3.48. The van der Waals surface area contributed by atoms with Crippen molar-refractivity contribution in [3.8, 4) is 11.5 Å². The second-order valence-electron chi connectivity index (χ2n) is 7.44. The zero-order chi connectivity index (χ0) is 19.8. The van der Waals surface area contributed by atoms with Gasteiger partial charge in [-0.2, -0.15) is 5.10 Å². The predicted molar refractivity (Wildman–Crippen MR) is 107 cm³/mol. The van der Waals surface area contributed by atoms with E-state index in [1.54, 1.807) is 36.7 Å². The summed E-state index contributed by atoms with van der Waals surface area (Å²) in [6, 6.07) is 7.62.